The molecule has 1 aliphatic heterocycles. The second-order valence-electron chi connectivity index (χ2n) is 3.42. The van der Waals surface area contributed by atoms with Gasteiger partial charge in [0.2, 0.25) is 5.60 Å². The van der Waals surface area contributed by atoms with E-state index in [-0.39, 0.29) is 12.4 Å². The Morgan fingerprint density at radius 2 is 2.07 bits per heavy atom. The molecule has 1 aliphatic rings. The number of nitriles is 1. The Balaban J connectivity index is 2.40. The molecule has 1 atom stereocenters. The number of hydrogen-bond donors (Lipinski definition) is 0. The summed E-state index contributed by atoms with van der Waals surface area (Å²) in [5.41, 5.74) is -0.429. The maximum atomic E-state index is 11.1. The highest BCUT2D eigenvalue weighted by molar-refractivity contribution is 6.30. The first kappa shape index (κ1) is 10.0. The molecule has 76 valence electrons. The van der Waals surface area contributed by atoms with Crippen LogP contribution in [0.2, 0.25) is 5.02 Å². The molecule has 15 heavy (non-hydrogen) atoms. The van der Waals surface area contributed by atoms with Crippen LogP contribution in [0.5, 0.6) is 0 Å². The number of ether oxygens (including phenoxy) is 1. The van der Waals surface area contributed by atoms with E-state index in [1.54, 1.807) is 24.3 Å². The summed E-state index contributed by atoms with van der Waals surface area (Å²) in [5.74, 6) is -0.327. The van der Waals surface area contributed by atoms with E-state index in [1.165, 1.54) is 0 Å². The van der Waals surface area contributed by atoms with Gasteiger partial charge in [-0.05, 0) is 12.1 Å². The minimum absolute atomic E-state index is 0.288. The topological polar surface area (TPSA) is 50.1 Å². The fourth-order valence-electron chi connectivity index (χ4n) is 1.64. The predicted molar refractivity (Wildman–Crippen MR) is 54.1 cm³/mol. The van der Waals surface area contributed by atoms with E-state index in [0.717, 1.165) is 0 Å². The highest BCUT2D eigenvalue weighted by Gasteiger charge is 2.42. The third-order valence-corrected chi connectivity index (χ3v) is 2.71. The minimum atomic E-state index is -1.11. The van der Waals surface area contributed by atoms with Gasteiger partial charge >= 0.3 is 5.97 Å². The lowest BCUT2D eigenvalue weighted by molar-refractivity contribution is -0.145. The molecule has 0 bridgehead atoms. The number of carbonyl (C=O) groups is 1. The summed E-state index contributed by atoms with van der Waals surface area (Å²) in [6, 6.07) is 8.85. The van der Waals surface area contributed by atoms with Crippen LogP contribution >= 0.6 is 11.6 Å². The van der Waals surface area contributed by atoms with Crippen LogP contribution in [-0.4, -0.2) is 5.97 Å². The van der Waals surface area contributed by atoms with Crippen LogP contribution in [0, 0.1) is 11.3 Å². The first-order valence-electron chi connectivity index (χ1n) is 4.55. The summed E-state index contributed by atoms with van der Waals surface area (Å²) < 4.78 is 5.08. The van der Waals surface area contributed by atoms with Gasteiger partial charge in [0.25, 0.3) is 0 Å². The lowest BCUT2D eigenvalue weighted by Gasteiger charge is -2.19. The SMILES string of the molecule is N#CC1(c2ccc(Cl)cc2)CCC(=O)O1. The molecule has 1 fully saturated rings. The number of carbonyl (C=O) groups excluding carboxylic acids is 1. The molecule has 0 radical (unpaired) electrons. The van der Waals surface area contributed by atoms with Crippen molar-refractivity contribution >= 4 is 17.6 Å². The van der Waals surface area contributed by atoms with E-state index in [9.17, 15) is 4.79 Å². The van der Waals surface area contributed by atoms with E-state index in [0.29, 0.717) is 17.0 Å². The molecule has 1 saturated heterocycles. The van der Waals surface area contributed by atoms with E-state index < -0.39 is 5.60 Å². The van der Waals surface area contributed by atoms with Crippen molar-refractivity contribution in [1.29, 1.82) is 5.26 Å². The summed E-state index contributed by atoms with van der Waals surface area (Å²) in [7, 11) is 0. The summed E-state index contributed by atoms with van der Waals surface area (Å²) >= 11 is 5.74. The summed E-state index contributed by atoms with van der Waals surface area (Å²) in [6.07, 6.45) is 0.695. The zero-order valence-corrected chi connectivity index (χ0v) is 8.62. The van der Waals surface area contributed by atoms with E-state index in [1.807, 2.05) is 0 Å². The molecule has 1 heterocycles. The lowest BCUT2D eigenvalue weighted by Crippen LogP contribution is -2.23. The first-order valence-corrected chi connectivity index (χ1v) is 4.93. The molecular weight excluding hydrogens is 214 g/mol. The monoisotopic (exact) mass is 221 g/mol. The molecule has 4 heteroatoms. The van der Waals surface area contributed by atoms with Crippen molar-refractivity contribution in [1.82, 2.24) is 0 Å². The van der Waals surface area contributed by atoms with Crippen LogP contribution in [0.4, 0.5) is 0 Å². The molecule has 0 spiro atoms. The minimum Gasteiger partial charge on any atom is -0.439 e. The van der Waals surface area contributed by atoms with Crippen molar-refractivity contribution in [2.24, 2.45) is 0 Å². The van der Waals surface area contributed by atoms with Crippen molar-refractivity contribution in [3.63, 3.8) is 0 Å². The molecule has 0 amide bonds. The third kappa shape index (κ3) is 1.69. The van der Waals surface area contributed by atoms with Gasteiger partial charge in [0.15, 0.2) is 0 Å². The van der Waals surface area contributed by atoms with Gasteiger partial charge in [0.05, 0.1) is 6.42 Å². The fraction of sp³-hybridized carbons (Fsp3) is 0.273. The molecule has 0 N–H and O–H groups in total. The average Bonchev–Trinajstić information content (AvgIpc) is 2.62. The van der Waals surface area contributed by atoms with Crippen LogP contribution in [0.1, 0.15) is 18.4 Å². The van der Waals surface area contributed by atoms with Gasteiger partial charge in [-0.2, -0.15) is 5.26 Å². The van der Waals surface area contributed by atoms with E-state index in [4.69, 9.17) is 21.6 Å². The lowest BCUT2D eigenvalue weighted by atomic mass is 9.92. The molecule has 1 unspecified atom stereocenters. The summed E-state index contributed by atoms with van der Waals surface area (Å²) in [4.78, 5) is 11.1. The quantitative estimate of drug-likeness (QED) is 0.685. The second kappa shape index (κ2) is 3.56. The number of rotatable bonds is 1. The largest absolute Gasteiger partial charge is 0.439 e. The number of cyclic esters (lactones) is 1. The number of hydrogen-bond acceptors (Lipinski definition) is 3. The standard InChI is InChI=1S/C11H8ClNO2/c12-9-3-1-8(2-4-9)11(7-13)6-5-10(14)15-11/h1-4H,5-6H2. The van der Waals surface area contributed by atoms with Crippen molar-refractivity contribution < 1.29 is 9.53 Å². The average molecular weight is 222 g/mol. The molecule has 3 nitrogen and oxygen atoms in total. The Morgan fingerprint density at radius 1 is 1.40 bits per heavy atom. The van der Waals surface area contributed by atoms with Crippen LogP contribution in [0.25, 0.3) is 0 Å². The Bertz CT molecular complexity index is 435. The van der Waals surface area contributed by atoms with Gasteiger partial charge in [-0.3, -0.25) is 4.79 Å². The summed E-state index contributed by atoms with van der Waals surface area (Å²) in [6.45, 7) is 0. The van der Waals surface area contributed by atoms with Gasteiger partial charge in [0.1, 0.15) is 6.07 Å². The Labute approximate surface area is 92.2 Å². The zero-order chi connectivity index (χ0) is 10.9. The van der Waals surface area contributed by atoms with Crippen molar-refractivity contribution in [3.8, 4) is 6.07 Å². The van der Waals surface area contributed by atoms with Gasteiger partial charge in [-0.25, -0.2) is 0 Å². The Morgan fingerprint density at radius 3 is 2.53 bits per heavy atom. The molecule has 0 aromatic heterocycles. The number of halogens is 1. The van der Waals surface area contributed by atoms with Crippen LogP contribution < -0.4 is 0 Å². The fourth-order valence-corrected chi connectivity index (χ4v) is 1.77. The van der Waals surface area contributed by atoms with Crippen molar-refractivity contribution in [2.75, 3.05) is 0 Å². The zero-order valence-electron chi connectivity index (χ0n) is 7.87. The highest BCUT2D eigenvalue weighted by Crippen LogP contribution is 2.36. The summed E-state index contributed by atoms with van der Waals surface area (Å²) in [5, 5.41) is 9.69. The van der Waals surface area contributed by atoms with Crippen LogP contribution in [0.3, 0.4) is 0 Å². The van der Waals surface area contributed by atoms with Crippen LogP contribution in [-0.2, 0) is 15.1 Å². The van der Waals surface area contributed by atoms with Gasteiger partial charge in [-0.1, -0.05) is 23.7 Å². The molecule has 1 aromatic rings. The number of benzene rings is 1. The Hall–Kier alpha value is -1.53. The maximum absolute atomic E-state index is 11.1. The molecular formula is C11H8ClNO2. The van der Waals surface area contributed by atoms with Crippen molar-refractivity contribution in [3.05, 3.63) is 34.9 Å². The van der Waals surface area contributed by atoms with E-state index in [2.05, 4.69) is 6.07 Å². The maximum Gasteiger partial charge on any atom is 0.307 e. The first-order chi connectivity index (χ1) is 7.16. The second-order valence-corrected chi connectivity index (χ2v) is 3.86. The molecule has 1 aromatic carbocycles. The molecule has 2 rings (SSSR count). The Kier molecular flexibility index (Phi) is 2.37. The van der Waals surface area contributed by atoms with E-state index >= 15 is 0 Å². The van der Waals surface area contributed by atoms with Crippen LogP contribution in [0.15, 0.2) is 24.3 Å². The molecule has 0 saturated carbocycles. The van der Waals surface area contributed by atoms with Gasteiger partial charge in [-0.15, -0.1) is 0 Å². The smallest absolute Gasteiger partial charge is 0.307 e. The third-order valence-electron chi connectivity index (χ3n) is 2.46. The normalized spacial score (nSPS) is 24.7. The number of esters is 1. The molecule has 0 aliphatic carbocycles. The highest BCUT2D eigenvalue weighted by atomic mass is 35.5. The van der Waals surface area contributed by atoms with Gasteiger partial charge < -0.3 is 4.74 Å². The number of nitrogens with zero attached hydrogens (tertiary/aromatic N) is 1. The van der Waals surface area contributed by atoms with Crippen molar-refractivity contribution in [2.45, 2.75) is 18.4 Å². The van der Waals surface area contributed by atoms with Gasteiger partial charge in [0, 0.05) is 17.0 Å². The predicted octanol–water partition coefficient (Wildman–Crippen LogP) is 2.40.